The Morgan fingerprint density at radius 1 is 1.13 bits per heavy atom. The fraction of sp³-hybridized carbons (Fsp3) is 0.0952. The Morgan fingerprint density at radius 2 is 1.97 bits per heavy atom. The van der Waals surface area contributed by atoms with Gasteiger partial charge in [0.15, 0.2) is 5.82 Å². The summed E-state index contributed by atoms with van der Waals surface area (Å²) >= 11 is 0. The molecule has 0 spiro atoms. The minimum Gasteiger partial charge on any atom is -0.486 e. The van der Waals surface area contributed by atoms with Crippen LogP contribution in [0, 0.1) is 11.6 Å². The smallest absolute Gasteiger partial charge is 0.335 e. The number of fused-ring (bicyclic) bond motifs is 1. The lowest BCUT2D eigenvalue weighted by Crippen LogP contribution is -2.04. The van der Waals surface area contributed by atoms with Crippen LogP contribution >= 0.6 is 0 Å². The van der Waals surface area contributed by atoms with E-state index in [0.717, 1.165) is 6.20 Å². The number of hydrogen-bond donors (Lipinski definition) is 1. The van der Waals surface area contributed by atoms with Crippen LogP contribution in [0.25, 0.3) is 11.0 Å². The van der Waals surface area contributed by atoms with Gasteiger partial charge in [0, 0.05) is 19.2 Å². The summed E-state index contributed by atoms with van der Waals surface area (Å²) in [5.74, 6) is -1.76. The van der Waals surface area contributed by atoms with Gasteiger partial charge in [0.25, 0.3) is 5.88 Å². The van der Waals surface area contributed by atoms with Crippen LogP contribution in [-0.2, 0) is 13.7 Å². The van der Waals surface area contributed by atoms with Crippen LogP contribution in [0.2, 0.25) is 0 Å². The quantitative estimate of drug-likeness (QED) is 0.509. The molecule has 4 aromatic rings. The summed E-state index contributed by atoms with van der Waals surface area (Å²) in [4.78, 5) is 19.2. The van der Waals surface area contributed by atoms with Crippen LogP contribution < -0.4 is 9.47 Å². The molecule has 9 heteroatoms. The molecule has 7 nitrogen and oxygen atoms in total. The van der Waals surface area contributed by atoms with E-state index < -0.39 is 17.6 Å². The Kier molecular flexibility index (Phi) is 5.01. The molecule has 152 valence electrons. The molecule has 2 heterocycles. The van der Waals surface area contributed by atoms with Crippen LogP contribution in [0.3, 0.4) is 0 Å². The molecule has 0 fully saturated rings. The number of hydrogen-bond acceptors (Lipinski definition) is 5. The summed E-state index contributed by atoms with van der Waals surface area (Å²) in [6.07, 6.45) is 0.871. The highest BCUT2D eigenvalue weighted by atomic mass is 19.1. The third-order valence-electron chi connectivity index (χ3n) is 4.38. The van der Waals surface area contributed by atoms with Crippen molar-refractivity contribution in [3.8, 4) is 17.4 Å². The van der Waals surface area contributed by atoms with E-state index in [1.807, 2.05) is 0 Å². The molecule has 4 rings (SSSR count). The molecule has 30 heavy (non-hydrogen) atoms. The van der Waals surface area contributed by atoms with Crippen molar-refractivity contribution in [2.24, 2.45) is 7.05 Å². The summed E-state index contributed by atoms with van der Waals surface area (Å²) < 4.78 is 39.6. The molecule has 0 atom stereocenters. The van der Waals surface area contributed by atoms with Gasteiger partial charge in [0.2, 0.25) is 0 Å². The Bertz CT molecular complexity index is 1260. The maximum Gasteiger partial charge on any atom is 0.335 e. The van der Waals surface area contributed by atoms with Gasteiger partial charge in [-0.15, -0.1) is 0 Å². The summed E-state index contributed by atoms with van der Waals surface area (Å²) in [6, 6.07) is 11.8. The van der Waals surface area contributed by atoms with Crippen molar-refractivity contribution in [2.45, 2.75) is 6.61 Å². The first-order chi connectivity index (χ1) is 14.4. The number of carboxylic acid groups (broad SMARTS) is 1. The highest BCUT2D eigenvalue weighted by Gasteiger charge is 2.13. The average molecular weight is 411 g/mol. The topological polar surface area (TPSA) is 86.5 Å². The second-order valence-electron chi connectivity index (χ2n) is 6.40. The number of aryl methyl sites for hydroxylation is 1. The molecule has 1 N–H and O–H groups in total. The van der Waals surface area contributed by atoms with Crippen LogP contribution in [-0.4, -0.2) is 25.6 Å². The number of pyridine rings is 1. The van der Waals surface area contributed by atoms with Crippen molar-refractivity contribution in [3.63, 3.8) is 0 Å². The van der Waals surface area contributed by atoms with Crippen LogP contribution in [0.5, 0.6) is 17.4 Å². The summed E-state index contributed by atoms with van der Waals surface area (Å²) in [5, 5.41) is 9.07. The van der Waals surface area contributed by atoms with E-state index >= 15 is 0 Å². The Hall–Kier alpha value is -4.01. The summed E-state index contributed by atoms with van der Waals surface area (Å²) in [7, 11) is 1.78. The van der Waals surface area contributed by atoms with Gasteiger partial charge in [-0.1, -0.05) is 6.07 Å². The molecule has 2 aromatic carbocycles. The van der Waals surface area contributed by atoms with E-state index in [-0.39, 0.29) is 18.1 Å². The number of aromatic nitrogens is 3. The number of imidazole rings is 1. The van der Waals surface area contributed by atoms with Gasteiger partial charge in [-0.3, -0.25) is 0 Å². The zero-order chi connectivity index (χ0) is 21.3. The predicted octanol–water partition coefficient (Wildman–Crippen LogP) is 4.32. The standard InChI is InChI=1S/C21H15F2N3O4/c1-26-18-9-15(30-20-16(23)8-13(22)10-24-20)5-6-17(18)25-19(26)11-29-14-4-2-3-12(7-14)21(27)28/h2-10H,11H2,1H3,(H,27,28). The van der Waals surface area contributed by atoms with Crippen LogP contribution in [0.1, 0.15) is 16.2 Å². The van der Waals surface area contributed by atoms with E-state index in [2.05, 4.69) is 9.97 Å². The molecule has 0 amide bonds. The zero-order valence-electron chi connectivity index (χ0n) is 15.7. The van der Waals surface area contributed by atoms with Crippen LogP contribution in [0.4, 0.5) is 8.78 Å². The van der Waals surface area contributed by atoms with Gasteiger partial charge in [-0.25, -0.2) is 23.5 Å². The SMILES string of the molecule is Cn1c(COc2cccc(C(=O)O)c2)nc2ccc(Oc3ncc(F)cc3F)cc21. The number of halogens is 2. The van der Waals surface area contributed by atoms with Crippen molar-refractivity contribution in [1.29, 1.82) is 0 Å². The van der Waals surface area contributed by atoms with E-state index in [1.165, 1.54) is 12.1 Å². The normalized spacial score (nSPS) is 10.9. The first-order valence-corrected chi connectivity index (χ1v) is 8.81. The first kappa shape index (κ1) is 19.3. The monoisotopic (exact) mass is 411 g/mol. The van der Waals surface area contributed by atoms with Gasteiger partial charge >= 0.3 is 5.97 Å². The fourth-order valence-corrected chi connectivity index (χ4v) is 2.87. The predicted molar refractivity (Wildman–Crippen MR) is 103 cm³/mol. The molecule has 0 aliphatic rings. The number of carboxylic acids is 1. The second kappa shape index (κ2) is 7.78. The minimum absolute atomic E-state index is 0.110. The lowest BCUT2D eigenvalue weighted by Gasteiger charge is -2.08. The summed E-state index contributed by atoms with van der Waals surface area (Å²) in [6.45, 7) is 0.110. The van der Waals surface area contributed by atoms with Crippen molar-refractivity contribution in [1.82, 2.24) is 14.5 Å². The van der Waals surface area contributed by atoms with E-state index in [1.54, 1.807) is 41.9 Å². The second-order valence-corrected chi connectivity index (χ2v) is 6.40. The average Bonchev–Trinajstić information content (AvgIpc) is 3.04. The molecule has 0 aliphatic carbocycles. The lowest BCUT2D eigenvalue weighted by molar-refractivity contribution is 0.0696. The van der Waals surface area contributed by atoms with Gasteiger partial charge in [-0.05, 0) is 30.3 Å². The van der Waals surface area contributed by atoms with Gasteiger partial charge in [-0.2, -0.15) is 0 Å². The van der Waals surface area contributed by atoms with E-state index in [0.29, 0.717) is 34.4 Å². The third kappa shape index (κ3) is 3.90. The van der Waals surface area contributed by atoms with Gasteiger partial charge < -0.3 is 19.1 Å². The van der Waals surface area contributed by atoms with Crippen molar-refractivity contribution in [2.75, 3.05) is 0 Å². The van der Waals surface area contributed by atoms with Gasteiger partial charge in [0.05, 0.1) is 22.8 Å². The maximum absolute atomic E-state index is 13.8. The summed E-state index contributed by atoms with van der Waals surface area (Å²) in [5.41, 5.74) is 1.49. The molecule has 0 saturated carbocycles. The van der Waals surface area contributed by atoms with Crippen molar-refractivity contribution < 1.29 is 28.2 Å². The Labute approximate surface area is 169 Å². The largest absolute Gasteiger partial charge is 0.486 e. The number of aromatic carboxylic acids is 1. The molecular weight excluding hydrogens is 396 g/mol. The Balaban J connectivity index is 1.55. The number of rotatable bonds is 6. The molecule has 0 saturated heterocycles. The lowest BCUT2D eigenvalue weighted by atomic mass is 10.2. The van der Waals surface area contributed by atoms with E-state index in [4.69, 9.17) is 14.6 Å². The maximum atomic E-state index is 13.8. The highest BCUT2D eigenvalue weighted by molar-refractivity contribution is 5.88. The highest BCUT2D eigenvalue weighted by Crippen LogP contribution is 2.27. The van der Waals surface area contributed by atoms with Crippen LogP contribution in [0.15, 0.2) is 54.7 Å². The van der Waals surface area contributed by atoms with E-state index in [9.17, 15) is 13.6 Å². The van der Waals surface area contributed by atoms with Gasteiger partial charge in [0.1, 0.15) is 29.7 Å². The number of carbonyl (C=O) groups is 1. The third-order valence-corrected chi connectivity index (χ3v) is 4.38. The Morgan fingerprint density at radius 3 is 2.73 bits per heavy atom. The van der Waals surface area contributed by atoms with Crippen molar-refractivity contribution >= 4 is 17.0 Å². The number of benzene rings is 2. The first-order valence-electron chi connectivity index (χ1n) is 8.81. The molecular formula is C21H15F2N3O4. The minimum atomic E-state index is -1.04. The molecule has 0 radical (unpaired) electrons. The molecule has 2 aromatic heterocycles. The number of ether oxygens (including phenoxy) is 2. The molecule has 0 aliphatic heterocycles. The zero-order valence-corrected chi connectivity index (χ0v) is 15.7. The molecule has 0 bridgehead atoms. The van der Waals surface area contributed by atoms with Crippen molar-refractivity contribution in [3.05, 3.63) is 77.8 Å². The molecule has 0 unspecified atom stereocenters. The number of nitrogens with zero attached hydrogens (tertiary/aromatic N) is 3. The fourth-order valence-electron chi connectivity index (χ4n) is 2.87.